The summed E-state index contributed by atoms with van der Waals surface area (Å²) in [5, 5.41) is 3.81. The van der Waals surface area contributed by atoms with Crippen LogP contribution in [0.3, 0.4) is 0 Å². The van der Waals surface area contributed by atoms with Crippen molar-refractivity contribution in [3.63, 3.8) is 0 Å². The molecule has 1 heteroatoms. The van der Waals surface area contributed by atoms with Gasteiger partial charge in [0.2, 0.25) is 0 Å². The van der Waals surface area contributed by atoms with Crippen LogP contribution in [0.5, 0.6) is 0 Å². The van der Waals surface area contributed by atoms with E-state index in [9.17, 15) is 0 Å². The molecule has 20 heavy (non-hydrogen) atoms. The Kier molecular flexibility index (Phi) is 3.25. The van der Waals surface area contributed by atoms with E-state index in [0.717, 1.165) is 17.9 Å². The van der Waals surface area contributed by atoms with Gasteiger partial charge < -0.3 is 5.32 Å². The molecule has 0 spiro atoms. The van der Waals surface area contributed by atoms with E-state index >= 15 is 0 Å². The van der Waals surface area contributed by atoms with Gasteiger partial charge in [-0.1, -0.05) is 52.0 Å². The monoisotopic (exact) mass is 271 g/mol. The number of aryl methyl sites for hydroxylation is 1. The van der Waals surface area contributed by atoms with Crippen LogP contribution in [0.1, 0.15) is 57.6 Å². The average molecular weight is 271 g/mol. The van der Waals surface area contributed by atoms with Gasteiger partial charge in [-0.05, 0) is 60.1 Å². The SMILES string of the molecule is Cc1ccccc1C1CC(NCC2C(C)(C)C2(C)C)C1. The molecular weight excluding hydrogens is 242 g/mol. The summed E-state index contributed by atoms with van der Waals surface area (Å²) in [7, 11) is 0. The second-order valence-corrected chi connectivity index (χ2v) is 8.13. The van der Waals surface area contributed by atoms with Crippen LogP contribution in [0.4, 0.5) is 0 Å². The maximum atomic E-state index is 3.81. The fourth-order valence-corrected chi connectivity index (χ4v) is 4.21. The largest absolute Gasteiger partial charge is 0.314 e. The lowest BCUT2D eigenvalue weighted by Crippen LogP contribution is -2.41. The highest BCUT2D eigenvalue weighted by Crippen LogP contribution is 2.68. The van der Waals surface area contributed by atoms with E-state index in [1.807, 2.05) is 0 Å². The van der Waals surface area contributed by atoms with Crippen LogP contribution in [0, 0.1) is 23.7 Å². The molecule has 0 aliphatic heterocycles. The summed E-state index contributed by atoms with van der Waals surface area (Å²) in [4.78, 5) is 0. The molecule has 0 radical (unpaired) electrons. The van der Waals surface area contributed by atoms with Crippen LogP contribution >= 0.6 is 0 Å². The molecule has 2 saturated carbocycles. The Balaban J connectivity index is 1.47. The van der Waals surface area contributed by atoms with Gasteiger partial charge in [0.05, 0.1) is 0 Å². The first-order valence-electron chi connectivity index (χ1n) is 8.13. The molecule has 0 heterocycles. The Morgan fingerprint density at radius 3 is 2.20 bits per heavy atom. The fourth-order valence-electron chi connectivity index (χ4n) is 4.21. The van der Waals surface area contributed by atoms with E-state index in [1.165, 1.54) is 24.9 Å². The molecule has 0 unspecified atom stereocenters. The molecule has 0 saturated heterocycles. The van der Waals surface area contributed by atoms with Gasteiger partial charge in [-0.3, -0.25) is 0 Å². The maximum absolute atomic E-state index is 3.81. The minimum absolute atomic E-state index is 0.513. The third kappa shape index (κ3) is 2.11. The molecule has 2 fully saturated rings. The van der Waals surface area contributed by atoms with Crippen LogP contribution < -0.4 is 5.32 Å². The number of hydrogen-bond donors (Lipinski definition) is 1. The lowest BCUT2D eigenvalue weighted by molar-refractivity contribution is 0.281. The Labute approximate surface area is 124 Å². The Bertz CT molecular complexity index is 480. The summed E-state index contributed by atoms with van der Waals surface area (Å²) in [6, 6.07) is 9.61. The molecule has 0 aromatic heterocycles. The first-order valence-corrected chi connectivity index (χ1v) is 8.13. The van der Waals surface area contributed by atoms with Crippen molar-refractivity contribution in [1.82, 2.24) is 5.32 Å². The van der Waals surface area contributed by atoms with Crippen molar-refractivity contribution >= 4 is 0 Å². The molecule has 1 aromatic carbocycles. The molecule has 2 aliphatic rings. The summed E-state index contributed by atoms with van der Waals surface area (Å²) < 4.78 is 0. The number of benzene rings is 1. The zero-order valence-electron chi connectivity index (χ0n) is 13.7. The molecule has 110 valence electrons. The van der Waals surface area contributed by atoms with Crippen LogP contribution in [-0.4, -0.2) is 12.6 Å². The van der Waals surface area contributed by atoms with Crippen molar-refractivity contribution in [2.45, 2.75) is 59.4 Å². The van der Waals surface area contributed by atoms with Gasteiger partial charge in [0.1, 0.15) is 0 Å². The Morgan fingerprint density at radius 2 is 1.65 bits per heavy atom. The maximum Gasteiger partial charge on any atom is 0.00788 e. The summed E-state index contributed by atoms with van der Waals surface area (Å²) in [6.45, 7) is 13.1. The molecule has 0 amide bonds. The van der Waals surface area contributed by atoms with Gasteiger partial charge in [-0.25, -0.2) is 0 Å². The lowest BCUT2D eigenvalue weighted by Gasteiger charge is -2.37. The summed E-state index contributed by atoms with van der Waals surface area (Å²) >= 11 is 0. The Hall–Kier alpha value is -0.820. The average Bonchev–Trinajstić information content (AvgIpc) is 2.71. The van der Waals surface area contributed by atoms with E-state index in [0.29, 0.717) is 10.8 Å². The molecule has 0 bridgehead atoms. The number of hydrogen-bond acceptors (Lipinski definition) is 1. The van der Waals surface area contributed by atoms with Gasteiger partial charge >= 0.3 is 0 Å². The van der Waals surface area contributed by atoms with Crippen molar-refractivity contribution in [2.75, 3.05) is 6.54 Å². The first kappa shape index (κ1) is 14.1. The van der Waals surface area contributed by atoms with Crippen LogP contribution in [0.2, 0.25) is 0 Å². The quantitative estimate of drug-likeness (QED) is 0.849. The predicted molar refractivity (Wildman–Crippen MR) is 86.0 cm³/mol. The highest BCUT2D eigenvalue weighted by Gasteiger charge is 2.64. The third-order valence-corrected chi connectivity index (χ3v) is 6.70. The van der Waals surface area contributed by atoms with Crippen molar-refractivity contribution < 1.29 is 0 Å². The van der Waals surface area contributed by atoms with Crippen molar-refractivity contribution in [3.8, 4) is 0 Å². The molecule has 3 rings (SSSR count). The van der Waals surface area contributed by atoms with E-state index < -0.39 is 0 Å². The summed E-state index contributed by atoms with van der Waals surface area (Å²) in [6.07, 6.45) is 2.64. The van der Waals surface area contributed by atoms with Gasteiger partial charge in [0, 0.05) is 6.04 Å². The van der Waals surface area contributed by atoms with E-state index in [2.05, 4.69) is 64.2 Å². The molecule has 1 N–H and O–H groups in total. The minimum atomic E-state index is 0.513. The van der Waals surface area contributed by atoms with Crippen molar-refractivity contribution in [2.24, 2.45) is 16.7 Å². The van der Waals surface area contributed by atoms with Gasteiger partial charge in [0.15, 0.2) is 0 Å². The van der Waals surface area contributed by atoms with Gasteiger partial charge in [-0.2, -0.15) is 0 Å². The molecular formula is C19H29N. The van der Waals surface area contributed by atoms with E-state index in [1.54, 1.807) is 5.56 Å². The van der Waals surface area contributed by atoms with Crippen molar-refractivity contribution in [1.29, 1.82) is 0 Å². The van der Waals surface area contributed by atoms with Crippen LogP contribution in [0.15, 0.2) is 24.3 Å². The summed E-state index contributed by atoms with van der Waals surface area (Å²) in [5.41, 5.74) is 4.05. The van der Waals surface area contributed by atoms with Crippen molar-refractivity contribution in [3.05, 3.63) is 35.4 Å². The second-order valence-electron chi connectivity index (χ2n) is 8.13. The fraction of sp³-hybridized carbons (Fsp3) is 0.684. The highest BCUT2D eigenvalue weighted by molar-refractivity contribution is 5.31. The molecule has 0 atom stereocenters. The number of nitrogens with one attached hydrogen (secondary N) is 1. The first-order chi connectivity index (χ1) is 9.34. The standard InChI is InChI=1S/C19H29N/c1-13-8-6-7-9-16(13)14-10-15(11-14)20-12-17-18(2,3)19(17,4)5/h6-9,14-15,17,20H,10-12H2,1-5H3. The highest BCUT2D eigenvalue weighted by atomic mass is 15.0. The van der Waals surface area contributed by atoms with Gasteiger partial charge in [-0.15, -0.1) is 0 Å². The van der Waals surface area contributed by atoms with Gasteiger partial charge in [0.25, 0.3) is 0 Å². The Morgan fingerprint density at radius 1 is 1.05 bits per heavy atom. The topological polar surface area (TPSA) is 12.0 Å². The summed E-state index contributed by atoms with van der Waals surface area (Å²) in [5.74, 6) is 1.63. The predicted octanol–water partition coefficient (Wildman–Crippen LogP) is 4.51. The van der Waals surface area contributed by atoms with Crippen LogP contribution in [-0.2, 0) is 0 Å². The van der Waals surface area contributed by atoms with E-state index in [-0.39, 0.29) is 0 Å². The zero-order valence-corrected chi connectivity index (χ0v) is 13.7. The molecule has 2 aliphatic carbocycles. The number of rotatable bonds is 4. The second kappa shape index (κ2) is 4.59. The normalized spacial score (nSPS) is 30.9. The minimum Gasteiger partial charge on any atom is -0.314 e. The molecule has 1 nitrogen and oxygen atoms in total. The third-order valence-electron chi connectivity index (χ3n) is 6.70. The lowest BCUT2D eigenvalue weighted by atomic mass is 9.74. The zero-order chi connectivity index (χ0) is 14.5. The molecule has 1 aromatic rings. The van der Waals surface area contributed by atoms with E-state index in [4.69, 9.17) is 0 Å². The van der Waals surface area contributed by atoms with Crippen LogP contribution in [0.25, 0.3) is 0 Å². The smallest absolute Gasteiger partial charge is 0.00788 e.